The fourth-order valence-electron chi connectivity index (χ4n) is 2.96. The molecule has 150 valence electrons. The number of carbonyl (C=O) groups is 1. The van der Waals surface area contributed by atoms with E-state index in [4.69, 9.17) is 9.47 Å². The summed E-state index contributed by atoms with van der Waals surface area (Å²) in [6.45, 7) is 0. The molecule has 0 atom stereocenters. The predicted octanol–water partition coefficient (Wildman–Crippen LogP) is 3.89. The zero-order valence-electron chi connectivity index (χ0n) is 16.3. The quantitative estimate of drug-likeness (QED) is 0.568. The maximum atomic E-state index is 12.5. The van der Waals surface area contributed by atoms with E-state index in [1.54, 1.807) is 32.4 Å². The lowest BCUT2D eigenvalue weighted by Gasteiger charge is -2.11. The highest BCUT2D eigenvalue weighted by molar-refractivity contribution is 7.99. The van der Waals surface area contributed by atoms with Gasteiger partial charge in [-0.2, -0.15) is 0 Å². The topological polar surface area (TPSA) is 78.3 Å². The lowest BCUT2D eigenvalue weighted by Crippen LogP contribution is -2.15. The van der Waals surface area contributed by atoms with E-state index in [0.29, 0.717) is 28.3 Å². The van der Waals surface area contributed by atoms with Crippen LogP contribution in [-0.2, 0) is 4.79 Å². The number of ether oxygens (including phenoxy) is 2. The molecule has 1 heterocycles. The number of hydrogen-bond acceptors (Lipinski definition) is 6. The van der Waals surface area contributed by atoms with Gasteiger partial charge in [-0.15, -0.1) is 5.10 Å². The van der Waals surface area contributed by atoms with Crippen molar-refractivity contribution in [2.75, 3.05) is 25.3 Å². The first-order chi connectivity index (χ1) is 14.2. The van der Waals surface area contributed by atoms with Gasteiger partial charge < -0.3 is 14.8 Å². The van der Waals surface area contributed by atoms with Crippen LogP contribution in [0.15, 0.2) is 53.7 Å². The Balaban J connectivity index is 1.45. The van der Waals surface area contributed by atoms with Crippen molar-refractivity contribution in [1.82, 2.24) is 14.8 Å². The number of anilines is 1. The van der Waals surface area contributed by atoms with Crippen LogP contribution in [0.4, 0.5) is 5.69 Å². The summed E-state index contributed by atoms with van der Waals surface area (Å²) in [5, 5.41) is 8.09. The maximum Gasteiger partial charge on any atom is 0.234 e. The molecule has 1 amide bonds. The predicted molar refractivity (Wildman–Crippen MR) is 112 cm³/mol. The third-order valence-electron chi connectivity index (χ3n) is 4.57. The number of nitrogens with zero attached hydrogens (tertiary/aromatic N) is 3. The van der Waals surface area contributed by atoms with Crippen molar-refractivity contribution in [3.63, 3.8) is 0 Å². The summed E-state index contributed by atoms with van der Waals surface area (Å²) in [5.41, 5.74) is 1.55. The minimum absolute atomic E-state index is 0.161. The molecule has 2 aromatic carbocycles. The summed E-state index contributed by atoms with van der Waals surface area (Å²) in [6.07, 6.45) is 2.26. The number of benzene rings is 2. The molecular weight excluding hydrogens is 388 g/mol. The molecule has 4 rings (SSSR count). The summed E-state index contributed by atoms with van der Waals surface area (Å²) >= 11 is 1.32. The van der Waals surface area contributed by atoms with Crippen molar-refractivity contribution in [1.29, 1.82) is 0 Å². The molecule has 1 N–H and O–H groups in total. The number of aromatic nitrogens is 3. The molecule has 7 nitrogen and oxygen atoms in total. The largest absolute Gasteiger partial charge is 0.497 e. The molecule has 0 bridgehead atoms. The van der Waals surface area contributed by atoms with Gasteiger partial charge >= 0.3 is 0 Å². The Morgan fingerprint density at radius 2 is 1.97 bits per heavy atom. The van der Waals surface area contributed by atoms with Crippen LogP contribution in [0, 0.1) is 0 Å². The molecule has 3 aromatic rings. The molecule has 1 aliphatic carbocycles. The summed E-state index contributed by atoms with van der Waals surface area (Å²) in [4.78, 5) is 17.1. The zero-order valence-corrected chi connectivity index (χ0v) is 17.1. The average Bonchev–Trinajstić information content (AvgIpc) is 3.52. The SMILES string of the molecule is COc1ccc(OC)c(NC(=O)CSc2nc(C3CC3)n(-c3ccccc3)n2)c1. The monoisotopic (exact) mass is 410 g/mol. The number of hydrogen-bond donors (Lipinski definition) is 1. The van der Waals surface area contributed by atoms with Gasteiger partial charge in [-0.05, 0) is 37.1 Å². The molecule has 0 radical (unpaired) electrons. The lowest BCUT2D eigenvalue weighted by molar-refractivity contribution is -0.113. The first-order valence-corrected chi connectivity index (χ1v) is 10.3. The lowest BCUT2D eigenvalue weighted by atomic mass is 10.2. The van der Waals surface area contributed by atoms with Gasteiger partial charge in [-0.25, -0.2) is 9.67 Å². The van der Waals surface area contributed by atoms with Gasteiger partial charge in [0.1, 0.15) is 17.3 Å². The van der Waals surface area contributed by atoms with E-state index in [0.717, 1.165) is 24.4 Å². The second-order valence-corrected chi connectivity index (χ2v) is 7.62. The second-order valence-electron chi connectivity index (χ2n) is 6.68. The van der Waals surface area contributed by atoms with Crippen LogP contribution in [0.5, 0.6) is 11.5 Å². The summed E-state index contributed by atoms with van der Waals surface area (Å²) < 4.78 is 12.4. The van der Waals surface area contributed by atoms with E-state index in [1.165, 1.54) is 11.8 Å². The summed E-state index contributed by atoms with van der Waals surface area (Å²) in [7, 11) is 3.14. The Morgan fingerprint density at radius 1 is 1.17 bits per heavy atom. The number of para-hydroxylation sites is 1. The van der Waals surface area contributed by atoms with Gasteiger partial charge in [0.2, 0.25) is 11.1 Å². The van der Waals surface area contributed by atoms with E-state index in [9.17, 15) is 4.79 Å². The van der Waals surface area contributed by atoms with Gasteiger partial charge in [-0.3, -0.25) is 4.79 Å². The highest BCUT2D eigenvalue weighted by Gasteiger charge is 2.30. The first-order valence-electron chi connectivity index (χ1n) is 9.35. The van der Waals surface area contributed by atoms with Crippen molar-refractivity contribution in [2.24, 2.45) is 0 Å². The molecule has 0 aliphatic heterocycles. The van der Waals surface area contributed by atoms with Crippen molar-refractivity contribution in [3.05, 3.63) is 54.4 Å². The number of thioether (sulfide) groups is 1. The zero-order chi connectivity index (χ0) is 20.2. The number of rotatable bonds is 8. The van der Waals surface area contributed by atoms with Gasteiger partial charge in [0, 0.05) is 12.0 Å². The highest BCUT2D eigenvalue weighted by Crippen LogP contribution is 2.40. The van der Waals surface area contributed by atoms with Crippen LogP contribution in [0.3, 0.4) is 0 Å². The van der Waals surface area contributed by atoms with E-state index in [2.05, 4.69) is 15.4 Å². The van der Waals surface area contributed by atoms with Crippen molar-refractivity contribution < 1.29 is 14.3 Å². The molecule has 1 fully saturated rings. The minimum atomic E-state index is -0.161. The van der Waals surface area contributed by atoms with Crippen LogP contribution in [-0.4, -0.2) is 40.6 Å². The number of methoxy groups -OCH3 is 2. The standard InChI is InChI=1S/C21H22N4O3S/c1-27-16-10-11-18(28-2)17(12-16)22-19(26)13-29-21-23-20(14-8-9-14)25(24-21)15-6-4-3-5-7-15/h3-7,10-12,14H,8-9,13H2,1-2H3,(H,22,26). The van der Waals surface area contributed by atoms with Gasteiger partial charge in [0.05, 0.1) is 31.3 Å². The fourth-order valence-corrected chi connectivity index (χ4v) is 3.59. The normalized spacial score (nSPS) is 13.2. The molecular formula is C21H22N4O3S. The van der Waals surface area contributed by atoms with Gasteiger partial charge in [0.25, 0.3) is 0 Å². The Kier molecular flexibility index (Phi) is 5.71. The van der Waals surface area contributed by atoms with Crippen LogP contribution in [0.2, 0.25) is 0 Å². The van der Waals surface area contributed by atoms with Crippen molar-refractivity contribution in [3.8, 4) is 17.2 Å². The first kappa shape index (κ1) is 19.3. The van der Waals surface area contributed by atoms with Crippen LogP contribution >= 0.6 is 11.8 Å². The third-order valence-corrected chi connectivity index (χ3v) is 5.41. The Morgan fingerprint density at radius 3 is 2.66 bits per heavy atom. The van der Waals surface area contributed by atoms with Crippen LogP contribution in [0.25, 0.3) is 5.69 Å². The average molecular weight is 410 g/mol. The Hall–Kier alpha value is -3.00. The number of carbonyl (C=O) groups excluding carboxylic acids is 1. The minimum Gasteiger partial charge on any atom is -0.497 e. The molecule has 1 aromatic heterocycles. The molecule has 0 saturated heterocycles. The van der Waals surface area contributed by atoms with Gasteiger partial charge in [-0.1, -0.05) is 30.0 Å². The van der Waals surface area contributed by atoms with Crippen molar-refractivity contribution >= 4 is 23.4 Å². The maximum absolute atomic E-state index is 12.5. The number of nitrogens with one attached hydrogen (secondary N) is 1. The van der Waals surface area contributed by atoms with E-state index < -0.39 is 0 Å². The molecule has 1 saturated carbocycles. The second kappa shape index (κ2) is 8.57. The van der Waals surface area contributed by atoms with E-state index in [1.807, 2.05) is 35.0 Å². The van der Waals surface area contributed by atoms with Crippen LogP contribution < -0.4 is 14.8 Å². The Labute approximate surface area is 173 Å². The summed E-state index contributed by atoms with van der Waals surface area (Å²) in [5.74, 6) is 2.67. The third kappa shape index (κ3) is 4.54. The smallest absolute Gasteiger partial charge is 0.234 e. The number of amides is 1. The molecule has 8 heteroatoms. The fraction of sp³-hybridized carbons (Fsp3) is 0.286. The van der Waals surface area contributed by atoms with E-state index in [-0.39, 0.29) is 11.7 Å². The van der Waals surface area contributed by atoms with Gasteiger partial charge in [0.15, 0.2) is 0 Å². The van der Waals surface area contributed by atoms with Crippen molar-refractivity contribution in [2.45, 2.75) is 23.9 Å². The highest BCUT2D eigenvalue weighted by atomic mass is 32.2. The van der Waals surface area contributed by atoms with E-state index >= 15 is 0 Å². The summed E-state index contributed by atoms with van der Waals surface area (Å²) in [6, 6.07) is 15.2. The molecule has 29 heavy (non-hydrogen) atoms. The van der Waals surface area contributed by atoms with Crippen LogP contribution in [0.1, 0.15) is 24.6 Å². The Bertz CT molecular complexity index is 1000. The molecule has 0 spiro atoms. The molecule has 1 aliphatic rings. The molecule has 0 unspecified atom stereocenters.